The number of hydrogen-bond acceptors (Lipinski definition) is 3. The van der Waals surface area contributed by atoms with Gasteiger partial charge in [0.25, 0.3) is 0 Å². The van der Waals surface area contributed by atoms with Crippen molar-refractivity contribution < 1.29 is 8.83 Å². The molecule has 10 rings (SSSR count). The van der Waals surface area contributed by atoms with Crippen LogP contribution in [0.15, 0.2) is 160 Å². The Morgan fingerprint density at radius 2 is 1.06 bits per heavy atom. The molecule has 9 aromatic rings. The molecule has 2 heterocycles. The van der Waals surface area contributed by atoms with Crippen molar-refractivity contribution in [3.8, 4) is 22.3 Å². The van der Waals surface area contributed by atoms with E-state index in [2.05, 4.69) is 152 Å². The summed E-state index contributed by atoms with van der Waals surface area (Å²) < 4.78 is 12.8. The molecule has 228 valence electrons. The second-order valence-electron chi connectivity index (χ2n) is 13.3. The summed E-state index contributed by atoms with van der Waals surface area (Å²) in [5, 5.41) is 4.48. The van der Waals surface area contributed by atoms with E-state index in [1.807, 2.05) is 18.2 Å². The van der Waals surface area contributed by atoms with Crippen molar-refractivity contribution in [2.75, 3.05) is 4.90 Å². The van der Waals surface area contributed by atoms with Gasteiger partial charge in [0.05, 0.1) is 16.8 Å². The minimum Gasteiger partial charge on any atom is -0.456 e. The van der Waals surface area contributed by atoms with E-state index in [1.165, 1.54) is 22.3 Å². The van der Waals surface area contributed by atoms with Crippen molar-refractivity contribution in [1.29, 1.82) is 0 Å². The molecule has 7 aromatic carbocycles. The highest BCUT2D eigenvalue weighted by atomic mass is 16.3. The Morgan fingerprint density at radius 1 is 0.458 bits per heavy atom. The molecular formula is C45H31NO2. The zero-order valence-electron chi connectivity index (χ0n) is 26.7. The molecule has 0 radical (unpaired) electrons. The second kappa shape index (κ2) is 9.97. The molecule has 1 aliphatic rings. The minimum atomic E-state index is -0.114. The molecular weight excluding hydrogens is 587 g/mol. The lowest BCUT2D eigenvalue weighted by Gasteiger charge is -2.29. The summed E-state index contributed by atoms with van der Waals surface area (Å²) in [6, 6.07) is 54.0. The molecule has 0 atom stereocenters. The predicted octanol–water partition coefficient (Wildman–Crippen LogP) is 12.9. The van der Waals surface area contributed by atoms with Crippen molar-refractivity contribution in [3.63, 3.8) is 0 Å². The number of benzene rings is 7. The van der Waals surface area contributed by atoms with E-state index in [4.69, 9.17) is 8.83 Å². The van der Waals surface area contributed by atoms with Gasteiger partial charge in [0.15, 0.2) is 0 Å². The van der Waals surface area contributed by atoms with Crippen LogP contribution in [0.25, 0.3) is 66.1 Å². The van der Waals surface area contributed by atoms with Gasteiger partial charge in [-0.15, -0.1) is 0 Å². The topological polar surface area (TPSA) is 29.5 Å². The van der Waals surface area contributed by atoms with E-state index >= 15 is 0 Å². The Kier molecular flexibility index (Phi) is 5.63. The largest absolute Gasteiger partial charge is 0.456 e. The summed E-state index contributed by atoms with van der Waals surface area (Å²) in [5.41, 5.74) is 14.2. The van der Waals surface area contributed by atoms with E-state index in [-0.39, 0.29) is 5.41 Å². The Labute approximate surface area is 278 Å². The first-order valence-corrected chi connectivity index (χ1v) is 16.5. The number of hydrogen-bond donors (Lipinski definition) is 0. The molecule has 0 saturated heterocycles. The number of para-hydroxylation sites is 3. The van der Waals surface area contributed by atoms with E-state index in [0.29, 0.717) is 0 Å². The van der Waals surface area contributed by atoms with Gasteiger partial charge in [0.1, 0.15) is 22.3 Å². The summed E-state index contributed by atoms with van der Waals surface area (Å²) in [5.74, 6) is 0. The Bertz CT molecular complexity index is 2710. The molecule has 0 bridgehead atoms. The number of anilines is 3. The quantitative estimate of drug-likeness (QED) is 0.197. The molecule has 0 spiro atoms. The highest BCUT2D eigenvalue weighted by Crippen LogP contribution is 2.55. The standard InChI is InChI=1S/C45H31NO2/c1-45(2)35-17-6-3-13-33(35)42-36(45)18-10-19-37(42)46(38-20-11-23-41-43(38)34-14-5-8-22-40(34)47-41)29-26-24-28(25-27-29)30-15-9-16-32-31-12-4-7-21-39(31)48-44(30)32/h3-27H,1-2H3. The van der Waals surface area contributed by atoms with Crippen LogP contribution in [-0.4, -0.2) is 0 Å². The first-order chi connectivity index (χ1) is 23.6. The second-order valence-corrected chi connectivity index (χ2v) is 13.3. The molecule has 2 aromatic heterocycles. The van der Waals surface area contributed by atoms with Gasteiger partial charge in [-0.2, -0.15) is 0 Å². The Morgan fingerprint density at radius 3 is 1.92 bits per heavy atom. The van der Waals surface area contributed by atoms with Gasteiger partial charge in [-0.05, 0) is 64.7 Å². The smallest absolute Gasteiger partial charge is 0.143 e. The predicted molar refractivity (Wildman–Crippen MR) is 199 cm³/mol. The van der Waals surface area contributed by atoms with Gasteiger partial charge in [-0.1, -0.05) is 123 Å². The molecule has 0 aliphatic heterocycles. The lowest BCUT2D eigenvalue weighted by Crippen LogP contribution is -2.16. The number of rotatable bonds is 4. The van der Waals surface area contributed by atoms with Crippen LogP contribution < -0.4 is 4.90 Å². The molecule has 1 aliphatic carbocycles. The first-order valence-electron chi connectivity index (χ1n) is 16.5. The van der Waals surface area contributed by atoms with Crippen molar-refractivity contribution in [2.45, 2.75) is 19.3 Å². The fraction of sp³-hybridized carbons (Fsp3) is 0.0667. The van der Waals surface area contributed by atoms with E-state index in [0.717, 1.165) is 72.1 Å². The fourth-order valence-corrected chi connectivity index (χ4v) is 8.04. The maximum atomic E-state index is 6.42. The summed E-state index contributed by atoms with van der Waals surface area (Å²) in [6.07, 6.45) is 0. The number of nitrogens with zero attached hydrogens (tertiary/aromatic N) is 1. The summed E-state index contributed by atoms with van der Waals surface area (Å²) in [4.78, 5) is 2.42. The molecule has 0 unspecified atom stereocenters. The van der Waals surface area contributed by atoms with Crippen LogP contribution in [0.5, 0.6) is 0 Å². The Balaban J connectivity index is 1.22. The van der Waals surface area contributed by atoms with Gasteiger partial charge in [0.2, 0.25) is 0 Å². The van der Waals surface area contributed by atoms with E-state index < -0.39 is 0 Å². The molecule has 3 nitrogen and oxygen atoms in total. The highest BCUT2D eigenvalue weighted by molar-refractivity contribution is 6.14. The third-order valence-corrected chi connectivity index (χ3v) is 10.3. The zero-order valence-corrected chi connectivity index (χ0v) is 26.7. The van der Waals surface area contributed by atoms with Gasteiger partial charge in [-0.25, -0.2) is 0 Å². The molecule has 0 amide bonds. The highest BCUT2D eigenvalue weighted by Gasteiger charge is 2.38. The van der Waals surface area contributed by atoms with Crippen LogP contribution in [0.4, 0.5) is 17.1 Å². The van der Waals surface area contributed by atoms with Crippen LogP contribution in [0.2, 0.25) is 0 Å². The maximum absolute atomic E-state index is 6.42. The summed E-state index contributed by atoms with van der Waals surface area (Å²) in [7, 11) is 0. The van der Waals surface area contributed by atoms with Crippen LogP contribution in [0, 0.1) is 0 Å². The average molecular weight is 618 g/mol. The zero-order chi connectivity index (χ0) is 32.0. The SMILES string of the molecule is CC1(C)c2ccccc2-c2c(N(c3ccc(-c4cccc5c4oc4ccccc45)cc3)c3cccc4oc5ccccc5c34)cccc21. The van der Waals surface area contributed by atoms with Crippen molar-refractivity contribution in [1.82, 2.24) is 0 Å². The van der Waals surface area contributed by atoms with Gasteiger partial charge >= 0.3 is 0 Å². The molecule has 0 N–H and O–H groups in total. The normalized spacial score (nSPS) is 13.4. The van der Waals surface area contributed by atoms with Gasteiger partial charge in [-0.3, -0.25) is 0 Å². The molecule has 0 fully saturated rings. The van der Waals surface area contributed by atoms with Gasteiger partial charge in [0, 0.05) is 38.4 Å². The first kappa shape index (κ1) is 27.1. The minimum absolute atomic E-state index is 0.114. The van der Waals surface area contributed by atoms with Crippen LogP contribution in [0.1, 0.15) is 25.0 Å². The fourth-order valence-electron chi connectivity index (χ4n) is 8.04. The number of fused-ring (bicyclic) bond motifs is 9. The van der Waals surface area contributed by atoms with Gasteiger partial charge < -0.3 is 13.7 Å². The van der Waals surface area contributed by atoms with E-state index in [1.54, 1.807) is 0 Å². The van der Waals surface area contributed by atoms with Crippen molar-refractivity contribution >= 4 is 60.9 Å². The average Bonchev–Trinajstić information content (AvgIpc) is 3.77. The van der Waals surface area contributed by atoms with Crippen LogP contribution >= 0.6 is 0 Å². The monoisotopic (exact) mass is 617 g/mol. The Hall–Kier alpha value is -6.06. The van der Waals surface area contributed by atoms with Crippen molar-refractivity contribution in [2.24, 2.45) is 0 Å². The molecule has 48 heavy (non-hydrogen) atoms. The van der Waals surface area contributed by atoms with Crippen LogP contribution in [0.3, 0.4) is 0 Å². The third kappa shape index (κ3) is 3.76. The summed E-state index contributed by atoms with van der Waals surface area (Å²) >= 11 is 0. The summed E-state index contributed by atoms with van der Waals surface area (Å²) in [6.45, 7) is 4.67. The van der Waals surface area contributed by atoms with Crippen molar-refractivity contribution in [3.05, 3.63) is 163 Å². The lowest BCUT2D eigenvalue weighted by atomic mass is 9.82. The lowest BCUT2D eigenvalue weighted by molar-refractivity contribution is 0.660. The number of furan rings is 2. The maximum Gasteiger partial charge on any atom is 0.143 e. The third-order valence-electron chi connectivity index (χ3n) is 10.3. The van der Waals surface area contributed by atoms with E-state index in [9.17, 15) is 0 Å². The van der Waals surface area contributed by atoms with Crippen LogP contribution in [-0.2, 0) is 5.41 Å². The molecule has 0 saturated carbocycles. The molecule has 3 heteroatoms.